The third-order valence-corrected chi connectivity index (χ3v) is 4.10. The SMILES string of the molecule is Cc1cccc(-n2ncc(C(=O)NCCCCCCC(=O)O)c2C)c1. The Balaban J connectivity index is 1.83. The molecule has 0 saturated carbocycles. The van der Waals surface area contributed by atoms with E-state index in [9.17, 15) is 9.59 Å². The molecule has 1 aromatic heterocycles. The molecule has 0 aliphatic rings. The van der Waals surface area contributed by atoms with E-state index in [1.54, 1.807) is 10.9 Å². The highest BCUT2D eigenvalue weighted by molar-refractivity contribution is 5.95. The predicted octanol–water partition coefficient (Wildman–Crippen LogP) is 3.25. The lowest BCUT2D eigenvalue weighted by Gasteiger charge is -2.07. The van der Waals surface area contributed by atoms with Crippen molar-refractivity contribution in [2.45, 2.75) is 46.0 Å². The first-order valence-electron chi connectivity index (χ1n) is 8.60. The molecule has 0 spiro atoms. The van der Waals surface area contributed by atoms with E-state index in [0.717, 1.165) is 36.2 Å². The van der Waals surface area contributed by atoms with E-state index in [4.69, 9.17) is 5.11 Å². The molecule has 2 rings (SSSR count). The van der Waals surface area contributed by atoms with Gasteiger partial charge in [-0.15, -0.1) is 0 Å². The van der Waals surface area contributed by atoms with Crippen molar-refractivity contribution in [1.29, 1.82) is 0 Å². The molecule has 0 atom stereocenters. The number of hydrogen-bond acceptors (Lipinski definition) is 3. The topological polar surface area (TPSA) is 84.2 Å². The van der Waals surface area contributed by atoms with Gasteiger partial charge in [0.2, 0.25) is 0 Å². The lowest BCUT2D eigenvalue weighted by atomic mass is 10.1. The molecule has 6 heteroatoms. The molecule has 1 amide bonds. The van der Waals surface area contributed by atoms with Crippen LogP contribution in [0, 0.1) is 13.8 Å². The molecule has 0 bridgehead atoms. The number of nitrogens with zero attached hydrogens (tertiary/aromatic N) is 2. The summed E-state index contributed by atoms with van der Waals surface area (Å²) < 4.78 is 1.77. The number of nitrogens with one attached hydrogen (secondary N) is 1. The third-order valence-electron chi connectivity index (χ3n) is 4.10. The van der Waals surface area contributed by atoms with Crippen LogP contribution in [-0.4, -0.2) is 33.3 Å². The van der Waals surface area contributed by atoms with Crippen molar-refractivity contribution < 1.29 is 14.7 Å². The van der Waals surface area contributed by atoms with Crippen LogP contribution in [0.3, 0.4) is 0 Å². The fourth-order valence-electron chi connectivity index (χ4n) is 2.70. The standard InChI is InChI=1S/C19H25N3O3/c1-14-8-7-9-16(12-14)22-15(2)17(13-21-22)19(25)20-11-6-4-3-5-10-18(23)24/h7-9,12-13H,3-6,10-11H2,1-2H3,(H,20,25)(H,23,24). The molecule has 0 aliphatic heterocycles. The van der Waals surface area contributed by atoms with Gasteiger partial charge in [0.15, 0.2) is 0 Å². The van der Waals surface area contributed by atoms with Crippen LogP contribution in [0.25, 0.3) is 5.69 Å². The summed E-state index contributed by atoms with van der Waals surface area (Å²) >= 11 is 0. The minimum absolute atomic E-state index is 0.123. The number of amides is 1. The number of aliphatic carboxylic acids is 1. The van der Waals surface area contributed by atoms with Crippen LogP contribution in [0.1, 0.15) is 53.7 Å². The number of hydrogen-bond donors (Lipinski definition) is 2. The van der Waals surface area contributed by atoms with Crippen molar-refractivity contribution in [2.75, 3.05) is 6.54 Å². The second-order valence-electron chi connectivity index (χ2n) is 6.21. The number of unbranched alkanes of at least 4 members (excludes halogenated alkanes) is 3. The molecular weight excluding hydrogens is 318 g/mol. The summed E-state index contributed by atoms with van der Waals surface area (Å²) in [5.74, 6) is -0.878. The van der Waals surface area contributed by atoms with Crippen LogP contribution < -0.4 is 5.32 Å². The first-order chi connectivity index (χ1) is 12.0. The maximum atomic E-state index is 12.3. The Morgan fingerprint density at radius 2 is 1.92 bits per heavy atom. The second kappa shape index (κ2) is 9.01. The molecule has 0 saturated heterocycles. The second-order valence-corrected chi connectivity index (χ2v) is 6.21. The Hall–Kier alpha value is -2.63. The van der Waals surface area contributed by atoms with Gasteiger partial charge in [-0.05, 0) is 44.4 Å². The molecule has 0 radical (unpaired) electrons. The largest absolute Gasteiger partial charge is 0.481 e. The number of aryl methyl sites for hydroxylation is 1. The van der Waals surface area contributed by atoms with Crippen molar-refractivity contribution in [3.05, 3.63) is 47.3 Å². The monoisotopic (exact) mass is 343 g/mol. The van der Waals surface area contributed by atoms with Crippen LogP contribution in [0.15, 0.2) is 30.5 Å². The molecule has 6 nitrogen and oxygen atoms in total. The fraction of sp³-hybridized carbons (Fsp3) is 0.421. The van der Waals surface area contributed by atoms with Gasteiger partial charge >= 0.3 is 5.97 Å². The molecular formula is C19H25N3O3. The highest BCUT2D eigenvalue weighted by Crippen LogP contribution is 2.15. The Bertz CT molecular complexity index is 737. The van der Waals surface area contributed by atoms with Crippen LogP contribution >= 0.6 is 0 Å². The first kappa shape index (κ1) is 18.7. The summed E-state index contributed by atoms with van der Waals surface area (Å²) in [4.78, 5) is 22.7. The average Bonchev–Trinajstić information content (AvgIpc) is 2.95. The zero-order valence-electron chi connectivity index (χ0n) is 14.8. The Morgan fingerprint density at radius 3 is 2.64 bits per heavy atom. The summed E-state index contributed by atoms with van der Waals surface area (Å²) in [7, 11) is 0. The fourth-order valence-corrected chi connectivity index (χ4v) is 2.70. The van der Waals surface area contributed by atoms with Crippen LogP contribution in [0.5, 0.6) is 0 Å². The van der Waals surface area contributed by atoms with Gasteiger partial charge in [-0.2, -0.15) is 5.10 Å². The molecule has 0 fully saturated rings. The maximum absolute atomic E-state index is 12.3. The van der Waals surface area contributed by atoms with Gasteiger partial charge in [0, 0.05) is 13.0 Å². The minimum atomic E-state index is -0.755. The van der Waals surface area contributed by atoms with E-state index in [1.165, 1.54) is 0 Å². The smallest absolute Gasteiger partial charge is 0.303 e. The van der Waals surface area contributed by atoms with Crippen molar-refractivity contribution in [3.8, 4) is 5.69 Å². The van der Waals surface area contributed by atoms with Gasteiger partial charge in [0.05, 0.1) is 23.1 Å². The molecule has 2 N–H and O–H groups in total. The van der Waals surface area contributed by atoms with E-state index in [1.807, 2.05) is 38.1 Å². The number of carboxylic acid groups (broad SMARTS) is 1. The lowest BCUT2D eigenvalue weighted by molar-refractivity contribution is -0.137. The molecule has 0 aliphatic carbocycles. The van der Waals surface area contributed by atoms with Gasteiger partial charge in [-0.25, -0.2) is 4.68 Å². The first-order valence-corrected chi connectivity index (χ1v) is 8.60. The van der Waals surface area contributed by atoms with Crippen molar-refractivity contribution >= 4 is 11.9 Å². The van der Waals surface area contributed by atoms with Crippen molar-refractivity contribution in [2.24, 2.45) is 0 Å². The highest BCUT2D eigenvalue weighted by atomic mass is 16.4. The number of carbonyl (C=O) groups excluding carboxylic acids is 1. The number of benzene rings is 1. The third kappa shape index (κ3) is 5.45. The van der Waals surface area contributed by atoms with E-state index in [0.29, 0.717) is 18.5 Å². The Morgan fingerprint density at radius 1 is 1.16 bits per heavy atom. The molecule has 25 heavy (non-hydrogen) atoms. The highest BCUT2D eigenvalue weighted by Gasteiger charge is 2.14. The number of rotatable bonds is 9. The average molecular weight is 343 g/mol. The van der Waals surface area contributed by atoms with Crippen LogP contribution in [0.4, 0.5) is 0 Å². The van der Waals surface area contributed by atoms with E-state index < -0.39 is 5.97 Å². The summed E-state index contributed by atoms with van der Waals surface area (Å²) in [6, 6.07) is 7.98. The van der Waals surface area contributed by atoms with Gasteiger partial charge in [-0.1, -0.05) is 25.0 Å². The van der Waals surface area contributed by atoms with Gasteiger partial charge < -0.3 is 10.4 Å². The molecule has 0 unspecified atom stereocenters. The molecule has 2 aromatic rings. The zero-order chi connectivity index (χ0) is 18.2. The van der Waals surface area contributed by atoms with Crippen molar-refractivity contribution in [1.82, 2.24) is 15.1 Å². The number of aromatic nitrogens is 2. The van der Waals surface area contributed by atoms with Crippen molar-refractivity contribution in [3.63, 3.8) is 0 Å². The quantitative estimate of drug-likeness (QED) is 0.685. The summed E-state index contributed by atoms with van der Waals surface area (Å²) in [5.41, 5.74) is 3.47. The summed E-state index contributed by atoms with van der Waals surface area (Å²) in [6.45, 7) is 4.49. The van der Waals surface area contributed by atoms with Crippen LogP contribution in [-0.2, 0) is 4.79 Å². The summed E-state index contributed by atoms with van der Waals surface area (Å²) in [5, 5.41) is 15.8. The Kier molecular flexibility index (Phi) is 6.74. The molecule has 1 aromatic carbocycles. The lowest BCUT2D eigenvalue weighted by Crippen LogP contribution is -2.24. The molecule has 1 heterocycles. The van der Waals surface area contributed by atoms with Gasteiger partial charge in [-0.3, -0.25) is 9.59 Å². The maximum Gasteiger partial charge on any atom is 0.303 e. The van der Waals surface area contributed by atoms with E-state index >= 15 is 0 Å². The molecule has 134 valence electrons. The van der Waals surface area contributed by atoms with E-state index in [2.05, 4.69) is 10.4 Å². The van der Waals surface area contributed by atoms with Gasteiger partial charge in [0.1, 0.15) is 0 Å². The number of carboxylic acids is 1. The Labute approximate surface area is 147 Å². The van der Waals surface area contributed by atoms with Crippen LogP contribution in [0.2, 0.25) is 0 Å². The van der Waals surface area contributed by atoms with Gasteiger partial charge in [0.25, 0.3) is 5.91 Å². The van der Waals surface area contributed by atoms with E-state index in [-0.39, 0.29) is 12.3 Å². The minimum Gasteiger partial charge on any atom is -0.481 e. The summed E-state index contributed by atoms with van der Waals surface area (Å²) in [6.07, 6.45) is 5.12. The zero-order valence-corrected chi connectivity index (χ0v) is 14.8. The number of carbonyl (C=O) groups is 2. The predicted molar refractivity (Wildman–Crippen MR) is 96.1 cm³/mol. The normalized spacial score (nSPS) is 10.6.